The fraction of sp³-hybridized carbons (Fsp3) is 0.583. The number of carbonyl (C=O) groups is 2. The lowest BCUT2D eigenvalue weighted by Gasteiger charge is -2.39. The second kappa shape index (κ2) is 9.21. The number of likely N-dealkylation sites (tertiary alicyclic amines) is 1. The topological polar surface area (TPSA) is 70.1 Å². The third kappa shape index (κ3) is 6.08. The molecule has 1 saturated carbocycles. The summed E-state index contributed by atoms with van der Waals surface area (Å²) in [5.41, 5.74) is 1.91. The number of aliphatic carboxylic acids is 1. The number of carboxylic acids is 1. The first-order valence-electron chi connectivity index (χ1n) is 10.8. The van der Waals surface area contributed by atoms with Crippen LogP contribution in [0, 0.1) is 5.92 Å². The third-order valence-corrected chi connectivity index (χ3v) is 5.81. The quantitative estimate of drug-likeness (QED) is 0.753. The molecule has 2 fully saturated rings. The molecule has 2 aliphatic rings. The second-order valence-electron chi connectivity index (χ2n) is 9.50. The van der Waals surface area contributed by atoms with Gasteiger partial charge in [-0.3, -0.25) is 9.69 Å². The van der Waals surface area contributed by atoms with Crippen molar-refractivity contribution in [3.63, 3.8) is 0 Å². The standard InChI is InChI=1S/C24H34N2O4/c1-17(14-18-8-6-5-7-9-18)20-15-21(20)26(23(29)30-24(2,3)4)19-10-12-25(13-11-19)16-22(27)28/h5-9,14,19-21H,10-13,15-16H2,1-4H3,(H,27,28)/t20?,21-/m0/s1. The number of piperidine rings is 1. The molecule has 0 radical (unpaired) electrons. The number of rotatable bonds is 6. The van der Waals surface area contributed by atoms with Crippen molar-refractivity contribution >= 4 is 18.1 Å². The molecule has 0 spiro atoms. The van der Waals surface area contributed by atoms with E-state index in [0.29, 0.717) is 19.0 Å². The van der Waals surface area contributed by atoms with E-state index in [-0.39, 0.29) is 24.7 Å². The highest BCUT2D eigenvalue weighted by molar-refractivity contribution is 5.70. The number of nitrogens with zero attached hydrogens (tertiary/aromatic N) is 2. The molecule has 1 aromatic rings. The van der Waals surface area contributed by atoms with E-state index in [1.54, 1.807) is 0 Å². The molecule has 1 unspecified atom stereocenters. The smallest absolute Gasteiger partial charge is 0.410 e. The van der Waals surface area contributed by atoms with E-state index in [4.69, 9.17) is 9.84 Å². The Morgan fingerprint density at radius 1 is 1.20 bits per heavy atom. The van der Waals surface area contributed by atoms with Gasteiger partial charge in [-0.15, -0.1) is 0 Å². The van der Waals surface area contributed by atoms with Gasteiger partial charge in [-0.05, 0) is 52.5 Å². The van der Waals surface area contributed by atoms with Gasteiger partial charge < -0.3 is 14.7 Å². The summed E-state index contributed by atoms with van der Waals surface area (Å²) in [5.74, 6) is -0.462. The number of carbonyl (C=O) groups excluding carboxylic acids is 1. The molecule has 1 aliphatic carbocycles. The van der Waals surface area contributed by atoms with E-state index in [2.05, 4.69) is 25.1 Å². The molecular formula is C24H34N2O4. The molecule has 3 rings (SSSR count). The lowest BCUT2D eigenvalue weighted by Crippen LogP contribution is -2.50. The highest BCUT2D eigenvalue weighted by atomic mass is 16.6. The van der Waals surface area contributed by atoms with E-state index in [1.807, 2.05) is 48.8 Å². The molecule has 6 heteroatoms. The fourth-order valence-electron chi connectivity index (χ4n) is 4.31. The summed E-state index contributed by atoms with van der Waals surface area (Å²) in [6.07, 6.45) is 4.45. The molecular weight excluding hydrogens is 380 g/mol. The Morgan fingerprint density at radius 3 is 2.40 bits per heavy atom. The van der Waals surface area contributed by atoms with Crippen LogP contribution in [0.2, 0.25) is 0 Å². The van der Waals surface area contributed by atoms with Crippen LogP contribution >= 0.6 is 0 Å². The SMILES string of the molecule is CC(=Cc1ccccc1)C1C[C@@H]1N(C(=O)OC(C)(C)C)C1CCN(CC(=O)O)CC1. The Balaban J connectivity index is 1.71. The Labute approximate surface area is 179 Å². The second-order valence-corrected chi connectivity index (χ2v) is 9.50. The first-order valence-corrected chi connectivity index (χ1v) is 10.8. The van der Waals surface area contributed by atoms with Crippen molar-refractivity contribution in [2.24, 2.45) is 5.92 Å². The fourth-order valence-corrected chi connectivity index (χ4v) is 4.31. The first-order chi connectivity index (χ1) is 14.1. The summed E-state index contributed by atoms with van der Waals surface area (Å²) < 4.78 is 5.75. The summed E-state index contributed by atoms with van der Waals surface area (Å²) in [6.45, 7) is 9.25. The molecule has 1 amide bonds. The maximum atomic E-state index is 13.1. The van der Waals surface area contributed by atoms with E-state index in [1.165, 1.54) is 11.1 Å². The molecule has 1 N–H and O–H groups in total. The molecule has 1 heterocycles. The number of hydrogen-bond acceptors (Lipinski definition) is 4. The lowest BCUT2D eigenvalue weighted by molar-refractivity contribution is -0.138. The van der Waals surface area contributed by atoms with Gasteiger partial charge in [0.25, 0.3) is 0 Å². The first kappa shape index (κ1) is 22.3. The predicted octanol–water partition coefficient (Wildman–Crippen LogP) is 4.26. The highest BCUT2D eigenvalue weighted by Crippen LogP contribution is 2.44. The zero-order chi connectivity index (χ0) is 21.9. The van der Waals surface area contributed by atoms with Crippen molar-refractivity contribution in [2.45, 2.75) is 64.6 Å². The summed E-state index contributed by atoms with van der Waals surface area (Å²) in [4.78, 5) is 28.0. The molecule has 164 valence electrons. The Kier molecular flexibility index (Phi) is 6.86. The van der Waals surface area contributed by atoms with Crippen LogP contribution in [-0.4, -0.2) is 64.3 Å². The molecule has 1 aromatic carbocycles. The van der Waals surface area contributed by atoms with Crippen LogP contribution in [0.25, 0.3) is 6.08 Å². The van der Waals surface area contributed by atoms with Gasteiger partial charge in [-0.25, -0.2) is 4.79 Å². The number of amides is 1. The molecule has 2 atom stereocenters. The van der Waals surface area contributed by atoms with Crippen LogP contribution in [0.1, 0.15) is 52.5 Å². The predicted molar refractivity (Wildman–Crippen MR) is 117 cm³/mol. The molecule has 6 nitrogen and oxygen atoms in total. The van der Waals surface area contributed by atoms with Crippen LogP contribution in [0.5, 0.6) is 0 Å². The van der Waals surface area contributed by atoms with E-state index < -0.39 is 11.6 Å². The normalized spacial score (nSPS) is 23.1. The number of benzene rings is 1. The average Bonchev–Trinajstić information content (AvgIpc) is 3.43. The lowest BCUT2D eigenvalue weighted by atomic mass is 10.0. The molecule has 1 saturated heterocycles. The van der Waals surface area contributed by atoms with Crippen molar-refractivity contribution in [3.05, 3.63) is 41.5 Å². The van der Waals surface area contributed by atoms with Crippen molar-refractivity contribution in [3.8, 4) is 0 Å². The van der Waals surface area contributed by atoms with Crippen molar-refractivity contribution in [1.82, 2.24) is 9.80 Å². The van der Waals surface area contributed by atoms with Crippen molar-refractivity contribution < 1.29 is 19.4 Å². The van der Waals surface area contributed by atoms with Gasteiger partial charge in [0.2, 0.25) is 0 Å². The van der Waals surface area contributed by atoms with E-state index in [0.717, 1.165) is 19.3 Å². The van der Waals surface area contributed by atoms with Crippen molar-refractivity contribution in [2.75, 3.05) is 19.6 Å². The largest absolute Gasteiger partial charge is 0.480 e. The minimum Gasteiger partial charge on any atom is -0.480 e. The van der Waals surface area contributed by atoms with Crippen LogP contribution in [0.4, 0.5) is 4.79 Å². The number of carboxylic acid groups (broad SMARTS) is 1. The van der Waals surface area contributed by atoms with E-state index >= 15 is 0 Å². The summed E-state index contributed by atoms with van der Waals surface area (Å²) >= 11 is 0. The Morgan fingerprint density at radius 2 is 1.83 bits per heavy atom. The molecule has 30 heavy (non-hydrogen) atoms. The van der Waals surface area contributed by atoms with Gasteiger partial charge >= 0.3 is 12.1 Å². The maximum Gasteiger partial charge on any atom is 0.410 e. The Hall–Kier alpha value is -2.34. The maximum absolute atomic E-state index is 13.1. The third-order valence-electron chi connectivity index (χ3n) is 5.81. The van der Waals surface area contributed by atoms with Crippen LogP contribution in [0.15, 0.2) is 35.9 Å². The van der Waals surface area contributed by atoms with Gasteiger partial charge in [0, 0.05) is 31.1 Å². The summed E-state index contributed by atoms with van der Waals surface area (Å²) in [5, 5.41) is 9.04. The van der Waals surface area contributed by atoms with E-state index in [9.17, 15) is 9.59 Å². The van der Waals surface area contributed by atoms with Crippen LogP contribution in [0.3, 0.4) is 0 Å². The highest BCUT2D eigenvalue weighted by Gasteiger charge is 2.48. The molecule has 0 bridgehead atoms. The zero-order valence-electron chi connectivity index (χ0n) is 18.5. The number of ether oxygens (including phenoxy) is 1. The number of hydrogen-bond donors (Lipinski definition) is 1. The zero-order valence-corrected chi connectivity index (χ0v) is 18.5. The van der Waals surface area contributed by atoms with Gasteiger partial charge in [-0.2, -0.15) is 0 Å². The van der Waals surface area contributed by atoms with Crippen molar-refractivity contribution in [1.29, 1.82) is 0 Å². The van der Waals surface area contributed by atoms with Crippen LogP contribution in [-0.2, 0) is 9.53 Å². The minimum absolute atomic E-state index is 0.0597. The van der Waals surface area contributed by atoms with Crippen LogP contribution < -0.4 is 0 Å². The summed E-state index contributed by atoms with van der Waals surface area (Å²) in [6, 6.07) is 10.5. The van der Waals surface area contributed by atoms with Gasteiger partial charge in [0.05, 0.1) is 6.54 Å². The molecule has 0 aromatic heterocycles. The van der Waals surface area contributed by atoms with Gasteiger partial charge in [0.1, 0.15) is 5.60 Å². The minimum atomic E-state index is -0.804. The summed E-state index contributed by atoms with van der Waals surface area (Å²) in [7, 11) is 0. The van der Waals surface area contributed by atoms with Gasteiger partial charge in [-0.1, -0.05) is 42.0 Å². The Bertz CT molecular complexity index is 776. The average molecular weight is 415 g/mol. The molecule has 1 aliphatic heterocycles. The van der Waals surface area contributed by atoms with Gasteiger partial charge in [0.15, 0.2) is 0 Å². The monoisotopic (exact) mass is 414 g/mol.